The third kappa shape index (κ3) is 3.65. The van der Waals surface area contributed by atoms with Gasteiger partial charge in [-0.2, -0.15) is 0 Å². The maximum absolute atomic E-state index is 12.2. The minimum Gasteiger partial charge on any atom is -0.504 e. The van der Waals surface area contributed by atoms with Crippen molar-refractivity contribution in [1.82, 2.24) is 4.90 Å². The summed E-state index contributed by atoms with van der Waals surface area (Å²) < 4.78 is 9.72. The van der Waals surface area contributed by atoms with Crippen LogP contribution in [0.1, 0.15) is 12.5 Å². The van der Waals surface area contributed by atoms with E-state index in [0.717, 1.165) is 4.90 Å². The first kappa shape index (κ1) is 16.9. The van der Waals surface area contributed by atoms with Crippen molar-refractivity contribution in [1.29, 1.82) is 0 Å². The number of rotatable bonds is 5. The highest BCUT2D eigenvalue weighted by Crippen LogP contribution is 2.36. The average Bonchev–Trinajstić information content (AvgIpc) is 2.79. The second kappa shape index (κ2) is 7.19. The van der Waals surface area contributed by atoms with Crippen LogP contribution in [0.15, 0.2) is 23.1 Å². The zero-order chi connectivity index (χ0) is 17.0. The van der Waals surface area contributed by atoms with Gasteiger partial charge in [-0.1, -0.05) is 12.1 Å². The van der Waals surface area contributed by atoms with E-state index in [0.29, 0.717) is 23.9 Å². The van der Waals surface area contributed by atoms with Crippen LogP contribution in [0.3, 0.4) is 0 Å². The molecule has 0 saturated carbocycles. The van der Waals surface area contributed by atoms with E-state index in [1.807, 2.05) is 0 Å². The van der Waals surface area contributed by atoms with Crippen molar-refractivity contribution >= 4 is 35.0 Å². The number of methoxy groups -OCH3 is 1. The van der Waals surface area contributed by atoms with Crippen molar-refractivity contribution < 1.29 is 29.0 Å². The Kier molecular flexibility index (Phi) is 5.28. The van der Waals surface area contributed by atoms with E-state index < -0.39 is 23.7 Å². The predicted octanol–water partition coefficient (Wildman–Crippen LogP) is 2.00. The molecule has 1 aromatic carbocycles. The van der Waals surface area contributed by atoms with Crippen LogP contribution >= 0.6 is 11.8 Å². The molecule has 122 valence electrons. The highest BCUT2D eigenvalue weighted by Gasteiger charge is 2.36. The van der Waals surface area contributed by atoms with Gasteiger partial charge in [0.15, 0.2) is 11.5 Å². The first-order valence-electron chi connectivity index (χ1n) is 6.74. The monoisotopic (exact) mass is 337 g/mol. The molecule has 1 aliphatic rings. The molecule has 1 saturated heterocycles. The summed E-state index contributed by atoms with van der Waals surface area (Å²) in [5, 5.41) is 9.56. The molecule has 1 aliphatic heterocycles. The van der Waals surface area contributed by atoms with Crippen molar-refractivity contribution in [2.24, 2.45) is 0 Å². The lowest BCUT2D eigenvalue weighted by atomic mass is 10.1. The normalized spacial score (nSPS) is 16.1. The maximum Gasteiger partial charge on any atom is 0.325 e. The van der Waals surface area contributed by atoms with E-state index in [1.54, 1.807) is 25.1 Å². The Balaban J connectivity index is 2.27. The van der Waals surface area contributed by atoms with E-state index in [-0.39, 0.29) is 16.4 Å². The molecule has 1 N–H and O–H groups in total. The van der Waals surface area contributed by atoms with Crippen LogP contribution < -0.4 is 4.74 Å². The van der Waals surface area contributed by atoms with Crippen LogP contribution in [-0.4, -0.2) is 47.4 Å². The largest absolute Gasteiger partial charge is 0.504 e. The number of para-hydroxylation sites is 1. The number of imide groups is 1. The number of carbonyl (C=O) groups excluding carboxylic acids is 3. The molecule has 0 spiro atoms. The SMILES string of the molecule is CCOc1cccc(/C=C2/SC(=O)N(CC(=O)OC)C2=O)c1O. The Morgan fingerprint density at radius 1 is 1.39 bits per heavy atom. The van der Waals surface area contributed by atoms with Gasteiger partial charge in [0, 0.05) is 5.56 Å². The summed E-state index contributed by atoms with van der Waals surface area (Å²) in [4.78, 5) is 36.2. The summed E-state index contributed by atoms with van der Waals surface area (Å²) in [5.74, 6) is -1.12. The molecule has 2 rings (SSSR count). The van der Waals surface area contributed by atoms with Gasteiger partial charge in [0.05, 0.1) is 18.6 Å². The number of phenolic OH excluding ortho intramolecular Hbond substituents is 1. The summed E-state index contributed by atoms with van der Waals surface area (Å²) in [6.07, 6.45) is 1.39. The number of hydrogen-bond acceptors (Lipinski definition) is 7. The molecule has 1 heterocycles. The highest BCUT2D eigenvalue weighted by molar-refractivity contribution is 8.18. The quantitative estimate of drug-likeness (QED) is 0.649. The van der Waals surface area contributed by atoms with Gasteiger partial charge >= 0.3 is 5.97 Å². The van der Waals surface area contributed by atoms with Gasteiger partial charge in [0.1, 0.15) is 6.54 Å². The Labute approximate surface area is 136 Å². The maximum atomic E-state index is 12.2. The molecule has 0 atom stereocenters. The number of amides is 2. The van der Waals surface area contributed by atoms with Gasteiger partial charge in [-0.25, -0.2) is 0 Å². The second-order valence-corrected chi connectivity index (χ2v) is 5.46. The lowest BCUT2D eigenvalue weighted by Crippen LogP contribution is -2.34. The number of hydrogen-bond donors (Lipinski definition) is 1. The average molecular weight is 337 g/mol. The minimum atomic E-state index is -0.685. The van der Waals surface area contributed by atoms with E-state index in [1.165, 1.54) is 13.2 Å². The van der Waals surface area contributed by atoms with Gasteiger partial charge in [0.2, 0.25) is 0 Å². The van der Waals surface area contributed by atoms with Crippen LogP contribution in [0.4, 0.5) is 4.79 Å². The molecule has 1 fully saturated rings. The summed E-state index contributed by atoms with van der Waals surface area (Å²) in [5.41, 5.74) is 0.347. The number of carbonyl (C=O) groups is 3. The Bertz CT molecular complexity index is 685. The van der Waals surface area contributed by atoms with Crippen LogP contribution in [0, 0.1) is 0 Å². The summed E-state index contributed by atoms with van der Waals surface area (Å²) >= 11 is 0.696. The van der Waals surface area contributed by atoms with Crippen molar-refractivity contribution in [3.63, 3.8) is 0 Å². The Hall–Kier alpha value is -2.48. The van der Waals surface area contributed by atoms with Crippen molar-refractivity contribution in [2.75, 3.05) is 20.3 Å². The zero-order valence-corrected chi connectivity index (χ0v) is 13.4. The van der Waals surface area contributed by atoms with Crippen LogP contribution in [-0.2, 0) is 14.3 Å². The van der Waals surface area contributed by atoms with E-state index in [9.17, 15) is 19.5 Å². The van der Waals surface area contributed by atoms with Gasteiger partial charge in [-0.15, -0.1) is 0 Å². The molecule has 8 heteroatoms. The number of phenols is 1. The molecule has 0 aliphatic carbocycles. The molecule has 0 radical (unpaired) electrons. The van der Waals surface area contributed by atoms with Crippen LogP contribution in [0.25, 0.3) is 6.08 Å². The van der Waals surface area contributed by atoms with Gasteiger partial charge in [-0.05, 0) is 30.8 Å². The van der Waals surface area contributed by atoms with Crippen molar-refractivity contribution in [2.45, 2.75) is 6.92 Å². The number of aromatic hydroxyl groups is 1. The molecular formula is C15H15NO6S. The van der Waals surface area contributed by atoms with Gasteiger partial charge < -0.3 is 14.6 Å². The molecule has 0 unspecified atom stereocenters. The molecule has 7 nitrogen and oxygen atoms in total. The number of thioether (sulfide) groups is 1. The minimum absolute atomic E-state index is 0.114. The topological polar surface area (TPSA) is 93.1 Å². The first-order valence-corrected chi connectivity index (χ1v) is 7.56. The fourth-order valence-corrected chi connectivity index (χ4v) is 2.73. The Morgan fingerprint density at radius 2 is 2.13 bits per heavy atom. The van der Waals surface area contributed by atoms with Gasteiger partial charge in [0.25, 0.3) is 11.1 Å². The predicted molar refractivity (Wildman–Crippen MR) is 84.0 cm³/mol. The summed E-state index contributed by atoms with van der Waals surface area (Å²) in [6.45, 7) is 1.72. The third-order valence-electron chi connectivity index (χ3n) is 3.01. The zero-order valence-electron chi connectivity index (χ0n) is 12.6. The number of esters is 1. The highest BCUT2D eigenvalue weighted by atomic mass is 32.2. The van der Waals surface area contributed by atoms with E-state index >= 15 is 0 Å². The fraction of sp³-hybridized carbons (Fsp3) is 0.267. The Morgan fingerprint density at radius 3 is 2.78 bits per heavy atom. The van der Waals surface area contributed by atoms with Gasteiger partial charge in [-0.3, -0.25) is 19.3 Å². The van der Waals surface area contributed by atoms with E-state index in [2.05, 4.69) is 4.74 Å². The smallest absolute Gasteiger partial charge is 0.325 e. The fourth-order valence-electron chi connectivity index (χ4n) is 1.90. The third-order valence-corrected chi connectivity index (χ3v) is 3.91. The van der Waals surface area contributed by atoms with Crippen molar-refractivity contribution in [3.05, 3.63) is 28.7 Å². The lowest BCUT2D eigenvalue weighted by molar-refractivity contribution is -0.143. The molecule has 0 bridgehead atoms. The summed E-state index contributed by atoms with van der Waals surface area (Å²) in [7, 11) is 1.18. The van der Waals surface area contributed by atoms with Crippen LogP contribution in [0.5, 0.6) is 11.5 Å². The molecule has 0 aromatic heterocycles. The molecular weight excluding hydrogens is 322 g/mol. The molecule has 2 amide bonds. The number of nitrogens with zero attached hydrogens (tertiary/aromatic N) is 1. The first-order chi connectivity index (χ1) is 11.0. The second-order valence-electron chi connectivity index (χ2n) is 4.47. The van der Waals surface area contributed by atoms with E-state index in [4.69, 9.17) is 4.74 Å². The molecule has 23 heavy (non-hydrogen) atoms. The number of benzene rings is 1. The van der Waals surface area contributed by atoms with Crippen LogP contribution in [0.2, 0.25) is 0 Å². The standard InChI is InChI=1S/C15H15NO6S/c1-3-22-10-6-4-5-9(13(10)18)7-11-14(19)16(15(20)23-11)8-12(17)21-2/h4-7,18H,3,8H2,1-2H3/b11-7+. The van der Waals surface area contributed by atoms with Crippen molar-refractivity contribution in [3.8, 4) is 11.5 Å². The lowest BCUT2D eigenvalue weighted by Gasteiger charge is -2.10. The summed E-state index contributed by atoms with van der Waals surface area (Å²) in [6, 6.07) is 4.85. The molecule has 1 aromatic rings. The number of ether oxygens (including phenoxy) is 2.